The SMILES string of the molecule is O=C(Nc1ccccc1F)[C@@H]1CCCN(C(=O)Nc2ccccc2)C1. The number of carbonyl (C=O) groups excluding carboxylic acids is 2. The maximum atomic E-state index is 13.7. The van der Waals surface area contributed by atoms with Gasteiger partial charge in [0.1, 0.15) is 5.82 Å². The van der Waals surface area contributed by atoms with Crippen LogP contribution in [0.2, 0.25) is 0 Å². The van der Waals surface area contributed by atoms with E-state index in [-0.39, 0.29) is 23.5 Å². The van der Waals surface area contributed by atoms with Crippen molar-refractivity contribution < 1.29 is 14.0 Å². The number of carbonyl (C=O) groups is 2. The molecule has 0 spiro atoms. The van der Waals surface area contributed by atoms with Crippen molar-refractivity contribution in [2.45, 2.75) is 12.8 Å². The highest BCUT2D eigenvalue weighted by atomic mass is 19.1. The monoisotopic (exact) mass is 341 g/mol. The van der Waals surface area contributed by atoms with Crippen LogP contribution in [0, 0.1) is 11.7 Å². The first kappa shape index (κ1) is 17.0. The lowest BCUT2D eigenvalue weighted by Gasteiger charge is -2.32. The number of amides is 3. The number of nitrogens with one attached hydrogen (secondary N) is 2. The van der Waals surface area contributed by atoms with Crippen LogP contribution in [0.1, 0.15) is 12.8 Å². The smallest absolute Gasteiger partial charge is 0.321 e. The van der Waals surface area contributed by atoms with Crippen LogP contribution < -0.4 is 10.6 Å². The van der Waals surface area contributed by atoms with Crippen molar-refractivity contribution in [3.8, 4) is 0 Å². The van der Waals surface area contributed by atoms with Crippen molar-refractivity contribution in [2.24, 2.45) is 5.92 Å². The molecule has 2 aromatic carbocycles. The van der Waals surface area contributed by atoms with Gasteiger partial charge < -0.3 is 15.5 Å². The number of hydrogen-bond acceptors (Lipinski definition) is 2. The highest BCUT2D eigenvalue weighted by molar-refractivity contribution is 5.94. The molecule has 2 aromatic rings. The second kappa shape index (κ2) is 7.79. The van der Waals surface area contributed by atoms with Crippen molar-refractivity contribution >= 4 is 23.3 Å². The minimum Gasteiger partial charge on any atom is -0.324 e. The molecule has 3 amide bonds. The molecule has 1 fully saturated rings. The Morgan fingerprint density at radius 1 is 1.00 bits per heavy atom. The number of benzene rings is 2. The number of rotatable bonds is 3. The van der Waals surface area contributed by atoms with E-state index in [1.54, 1.807) is 17.0 Å². The lowest BCUT2D eigenvalue weighted by Crippen LogP contribution is -2.45. The number of para-hydroxylation sites is 2. The third-order valence-corrected chi connectivity index (χ3v) is 4.24. The van der Waals surface area contributed by atoms with Crippen molar-refractivity contribution in [2.75, 3.05) is 23.7 Å². The summed E-state index contributed by atoms with van der Waals surface area (Å²) in [5.74, 6) is -1.08. The predicted molar refractivity (Wildman–Crippen MR) is 94.8 cm³/mol. The molecular formula is C19H20FN3O2. The van der Waals surface area contributed by atoms with Gasteiger partial charge in [0.25, 0.3) is 0 Å². The maximum absolute atomic E-state index is 13.7. The average Bonchev–Trinajstić information content (AvgIpc) is 2.64. The molecule has 25 heavy (non-hydrogen) atoms. The van der Waals surface area contributed by atoms with E-state index >= 15 is 0 Å². The van der Waals surface area contributed by atoms with E-state index < -0.39 is 5.82 Å². The first-order valence-corrected chi connectivity index (χ1v) is 8.30. The van der Waals surface area contributed by atoms with E-state index in [2.05, 4.69) is 10.6 Å². The number of piperidine rings is 1. The fraction of sp³-hybridized carbons (Fsp3) is 0.263. The van der Waals surface area contributed by atoms with Crippen molar-refractivity contribution in [3.63, 3.8) is 0 Å². The van der Waals surface area contributed by atoms with Crippen LogP contribution in [-0.2, 0) is 4.79 Å². The number of halogens is 1. The van der Waals surface area contributed by atoms with Crippen LogP contribution in [0.4, 0.5) is 20.6 Å². The molecule has 0 aliphatic carbocycles. The number of anilines is 2. The third kappa shape index (κ3) is 4.35. The lowest BCUT2D eigenvalue weighted by atomic mass is 9.97. The molecule has 1 heterocycles. The summed E-state index contributed by atoms with van der Waals surface area (Å²) in [6.07, 6.45) is 1.41. The number of urea groups is 1. The second-order valence-electron chi connectivity index (χ2n) is 6.05. The summed E-state index contributed by atoms with van der Waals surface area (Å²) >= 11 is 0. The van der Waals surface area contributed by atoms with E-state index in [0.29, 0.717) is 25.2 Å². The molecule has 1 aliphatic rings. The Labute approximate surface area is 145 Å². The minimum atomic E-state index is -0.467. The Hall–Kier alpha value is -2.89. The van der Waals surface area contributed by atoms with Gasteiger partial charge in [0, 0.05) is 18.8 Å². The van der Waals surface area contributed by atoms with Gasteiger partial charge in [-0.25, -0.2) is 9.18 Å². The number of hydrogen-bond donors (Lipinski definition) is 2. The van der Waals surface area contributed by atoms with E-state index in [4.69, 9.17) is 0 Å². The van der Waals surface area contributed by atoms with E-state index in [9.17, 15) is 14.0 Å². The van der Waals surface area contributed by atoms with Gasteiger partial charge in [0.05, 0.1) is 11.6 Å². The predicted octanol–water partition coefficient (Wildman–Crippen LogP) is 3.71. The summed E-state index contributed by atoms with van der Waals surface area (Å²) < 4.78 is 13.7. The molecule has 6 heteroatoms. The molecule has 2 N–H and O–H groups in total. The normalized spacial score (nSPS) is 17.0. The molecule has 3 rings (SSSR count). The van der Waals surface area contributed by atoms with Gasteiger partial charge in [-0.3, -0.25) is 4.79 Å². The van der Waals surface area contributed by atoms with Crippen LogP contribution in [0.15, 0.2) is 54.6 Å². The van der Waals surface area contributed by atoms with E-state index in [0.717, 1.165) is 6.42 Å². The zero-order chi connectivity index (χ0) is 17.6. The van der Waals surface area contributed by atoms with Crippen molar-refractivity contribution in [1.82, 2.24) is 4.90 Å². The molecular weight excluding hydrogens is 321 g/mol. The zero-order valence-electron chi connectivity index (χ0n) is 13.7. The summed E-state index contributed by atoms with van der Waals surface area (Å²) in [6.45, 7) is 0.918. The Morgan fingerprint density at radius 2 is 1.72 bits per heavy atom. The quantitative estimate of drug-likeness (QED) is 0.894. The molecule has 130 valence electrons. The molecule has 0 aromatic heterocycles. The summed E-state index contributed by atoms with van der Waals surface area (Å²) in [5, 5.41) is 5.44. The van der Waals surface area contributed by atoms with Crippen LogP contribution in [0.25, 0.3) is 0 Å². The molecule has 1 saturated heterocycles. The second-order valence-corrected chi connectivity index (χ2v) is 6.05. The van der Waals surface area contributed by atoms with Crippen LogP contribution in [0.5, 0.6) is 0 Å². The number of likely N-dealkylation sites (tertiary alicyclic amines) is 1. The highest BCUT2D eigenvalue weighted by Crippen LogP contribution is 2.21. The van der Waals surface area contributed by atoms with Crippen molar-refractivity contribution in [1.29, 1.82) is 0 Å². The number of nitrogens with zero attached hydrogens (tertiary/aromatic N) is 1. The Morgan fingerprint density at radius 3 is 2.48 bits per heavy atom. The first-order chi connectivity index (χ1) is 12.1. The molecule has 1 atom stereocenters. The summed E-state index contributed by atoms with van der Waals surface area (Å²) in [5.41, 5.74) is 0.879. The maximum Gasteiger partial charge on any atom is 0.321 e. The van der Waals surface area contributed by atoms with Gasteiger partial charge in [0.15, 0.2) is 0 Å². The molecule has 0 radical (unpaired) electrons. The Bertz CT molecular complexity index is 751. The Balaban J connectivity index is 1.59. The fourth-order valence-electron chi connectivity index (χ4n) is 2.90. The third-order valence-electron chi connectivity index (χ3n) is 4.24. The topological polar surface area (TPSA) is 61.4 Å². The van der Waals surface area contributed by atoms with Gasteiger partial charge in [-0.2, -0.15) is 0 Å². The molecule has 5 nitrogen and oxygen atoms in total. The summed E-state index contributed by atoms with van der Waals surface area (Å²) in [6, 6.07) is 15.0. The standard InChI is InChI=1S/C19H20FN3O2/c20-16-10-4-5-11-17(16)22-18(24)14-7-6-12-23(13-14)19(25)21-15-8-2-1-3-9-15/h1-5,8-11,14H,6-7,12-13H2,(H,21,25)(H,22,24)/t14-/m1/s1. The van der Waals surface area contributed by atoms with Gasteiger partial charge in [0.2, 0.25) is 5.91 Å². The minimum absolute atomic E-state index is 0.165. The van der Waals surface area contributed by atoms with E-state index in [1.807, 2.05) is 30.3 Å². The largest absolute Gasteiger partial charge is 0.324 e. The molecule has 1 aliphatic heterocycles. The van der Waals surface area contributed by atoms with Gasteiger partial charge >= 0.3 is 6.03 Å². The highest BCUT2D eigenvalue weighted by Gasteiger charge is 2.28. The fourth-order valence-corrected chi connectivity index (χ4v) is 2.90. The van der Waals surface area contributed by atoms with Crippen molar-refractivity contribution in [3.05, 3.63) is 60.4 Å². The molecule has 0 saturated carbocycles. The average molecular weight is 341 g/mol. The van der Waals surface area contributed by atoms with Gasteiger partial charge in [-0.1, -0.05) is 30.3 Å². The Kier molecular flexibility index (Phi) is 5.28. The zero-order valence-corrected chi connectivity index (χ0v) is 13.7. The molecule has 0 bridgehead atoms. The first-order valence-electron chi connectivity index (χ1n) is 8.30. The van der Waals surface area contributed by atoms with E-state index in [1.165, 1.54) is 12.1 Å². The summed E-state index contributed by atoms with van der Waals surface area (Å²) in [4.78, 5) is 26.4. The van der Waals surface area contributed by atoms with Crippen LogP contribution in [0.3, 0.4) is 0 Å². The van der Waals surface area contributed by atoms with Gasteiger partial charge in [-0.15, -0.1) is 0 Å². The lowest BCUT2D eigenvalue weighted by molar-refractivity contribution is -0.121. The van der Waals surface area contributed by atoms with Crippen LogP contribution in [-0.4, -0.2) is 29.9 Å². The van der Waals surface area contributed by atoms with Gasteiger partial charge in [-0.05, 0) is 37.1 Å². The van der Waals surface area contributed by atoms with Crippen LogP contribution >= 0.6 is 0 Å². The molecule has 0 unspecified atom stereocenters. The summed E-state index contributed by atoms with van der Waals surface area (Å²) in [7, 11) is 0.